The van der Waals surface area contributed by atoms with Crippen LogP contribution in [0.3, 0.4) is 0 Å². The average Bonchev–Trinajstić information content (AvgIpc) is 2.16. The molecule has 1 aliphatic rings. The van der Waals surface area contributed by atoms with Crippen molar-refractivity contribution in [3.63, 3.8) is 0 Å². The standard InChI is InChI=1S/C12H17N/c1-4-12(13)10(3)11-8-6-5-7-9(11)2/h4-9H,13H2,1-3H3/b11-10-,12-4+. The van der Waals surface area contributed by atoms with Crippen LogP contribution in [-0.4, -0.2) is 0 Å². The first-order valence-electron chi connectivity index (χ1n) is 4.64. The molecule has 0 fully saturated rings. The quantitative estimate of drug-likeness (QED) is 0.651. The molecule has 0 saturated carbocycles. The van der Waals surface area contributed by atoms with Gasteiger partial charge in [0.1, 0.15) is 0 Å². The fourth-order valence-corrected chi connectivity index (χ4v) is 1.50. The molecule has 13 heavy (non-hydrogen) atoms. The Morgan fingerprint density at radius 1 is 1.46 bits per heavy atom. The maximum Gasteiger partial charge on any atom is 0.0303 e. The first-order chi connectivity index (χ1) is 6.16. The average molecular weight is 175 g/mol. The van der Waals surface area contributed by atoms with Crippen LogP contribution in [0.5, 0.6) is 0 Å². The Morgan fingerprint density at radius 2 is 2.15 bits per heavy atom. The van der Waals surface area contributed by atoms with E-state index >= 15 is 0 Å². The summed E-state index contributed by atoms with van der Waals surface area (Å²) in [6.45, 7) is 6.22. The monoisotopic (exact) mass is 175 g/mol. The van der Waals surface area contributed by atoms with Crippen LogP contribution in [0.2, 0.25) is 0 Å². The van der Waals surface area contributed by atoms with Gasteiger partial charge in [-0.1, -0.05) is 37.3 Å². The van der Waals surface area contributed by atoms with Gasteiger partial charge >= 0.3 is 0 Å². The predicted octanol–water partition coefficient (Wildman–Crippen LogP) is 2.93. The summed E-state index contributed by atoms with van der Waals surface area (Å²) in [6, 6.07) is 0. The number of hydrogen-bond acceptors (Lipinski definition) is 1. The number of hydrogen-bond donors (Lipinski definition) is 1. The van der Waals surface area contributed by atoms with Gasteiger partial charge in [0.05, 0.1) is 0 Å². The Bertz CT molecular complexity index is 303. The summed E-state index contributed by atoms with van der Waals surface area (Å²) in [5.41, 5.74) is 9.24. The molecule has 0 aromatic heterocycles. The molecular formula is C12H17N. The minimum atomic E-state index is 0.475. The van der Waals surface area contributed by atoms with Crippen molar-refractivity contribution in [1.82, 2.24) is 0 Å². The molecule has 1 rings (SSSR count). The van der Waals surface area contributed by atoms with E-state index in [1.54, 1.807) is 0 Å². The summed E-state index contributed by atoms with van der Waals surface area (Å²) in [5, 5.41) is 0. The maximum atomic E-state index is 5.85. The van der Waals surface area contributed by atoms with Gasteiger partial charge in [0.25, 0.3) is 0 Å². The largest absolute Gasteiger partial charge is 0.399 e. The second kappa shape index (κ2) is 4.13. The van der Waals surface area contributed by atoms with E-state index in [9.17, 15) is 0 Å². The molecule has 1 nitrogen and oxygen atoms in total. The Hall–Kier alpha value is -1.24. The number of rotatable bonds is 1. The molecule has 0 amide bonds. The highest BCUT2D eigenvalue weighted by Crippen LogP contribution is 2.23. The molecule has 0 bridgehead atoms. The Kier molecular flexibility index (Phi) is 3.13. The highest BCUT2D eigenvalue weighted by atomic mass is 14.6. The molecule has 1 atom stereocenters. The zero-order valence-corrected chi connectivity index (χ0v) is 8.54. The van der Waals surface area contributed by atoms with Crippen molar-refractivity contribution in [2.24, 2.45) is 11.7 Å². The van der Waals surface area contributed by atoms with E-state index in [0.29, 0.717) is 5.92 Å². The van der Waals surface area contributed by atoms with E-state index in [1.165, 1.54) is 11.1 Å². The lowest BCUT2D eigenvalue weighted by Crippen LogP contribution is -2.05. The molecule has 0 spiro atoms. The fraction of sp³-hybridized carbons (Fsp3) is 0.333. The minimum absolute atomic E-state index is 0.475. The summed E-state index contributed by atoms with van der Waals surface area (Å²) in [7, 11) is 0. The number of allylic oxidation sites excluding steroid dienone is 7. The molecule has 1 aliphatic carbocycles. The molecule has 0 heterocycles. The smallest absolute Gasteiger partial charge is 0.0303 e. The van der Waals surface area contributed by atoms with Gasteiger partial charge in [0.15, 0.2) is 0 Å². The zero-order chi connectivity index (χ0) is 9.84. The van der Waals surface area contributed by atoms with Crippen LogP contribution in [0, 0.1) is 5.92 Å². The van der Waals surface area contributed by atoms with Crippen LogP contribution in [0.15, 0.2) is 47.2 Å². The zero-order valence-electron chi connectivity index (χ0n) is 8.54. The van der Waals surface area contributed by atoms with E-state index in [-0.39, 0.29) is 0 Å². The Balaban J connectivity index is 3.04. The van der Waals surface area contributed by atoms with Gasteiger partial charge in [0.2, 0.25) is 0 Å². The Labute approximate surface area is 80.3 Å². The van der Waals surface area contributed by atoms with E-state index in [1.807, 2.05) is 13.0 Å². The lowest BCUT2D eigenvalue weighted by atomic mass is 9.91. The van der Waals surface area contributed by atoms with Crippen molar-refractivity contribution in [2.45, 2.75) is 20.8 Å². The summed E-state index contributed by atoms with van der Waals surface area (Å²) >= 11 is 0. The molecular weight excluding hydrogens is 158 g/mol. The molecule has 0 radical (unpaired) electrons. The molecule has 70 valence electrons. The highest BCUT2D eigenvalue weighted by Gasteiger charge is 2.09. The topological polar surface area (TPSA) is 26.0 Å². The van der Waals surface area contributed by atoms with Crippen molar-refractivity contribution >= 4 is 0 Å². The van der Waals surface area contributed by atoms with Gasteiger partial charge in [0, 0.05) is 5.70 Å². The van der Waals surface area contributed by atoms with Crippen LogP contribution in [0.1, 0.15) is 20.8 Å². The van der Waals surface area contributed by atoms with Gasteiger partial charge in [-0.25, -0.2) is 0 Å². The van der Waals surface area contributed by atoms with Crippen LogP contribution >= 0.6 is 0 Å². The minimum Gasteiger partial charge on any atom is -0.399 e. The van der Waals surface area contributed by atoms with Gasteiger partial charge in [-0.3, -0.25) is 0 Å². The predicted molar refractivity (Wildman–Crippen MR) is 58.1 cm³/mol. The fourth-order valence-electron chi connectivity index (χ4n) is 1.50. The van der Waals surface area contributed by atoms with E-state index < -0.39 is 0 Å². The number of nitrogens with two attached hydrogens (primary N) is 1. The lowest BCUT2D eigenvalue weighted by molar-refractivity contribution is 0.866. The van der Waals surface area contributed by atoms with Crippen LogP contribution in [0.4, 0.5) is 0 Å². The summed E-state index contributed by atoms with van der Waals surface area (Å²) in [6.07, 6.45) is 10.4. The van der Waals surface area contributed by atoms with Crippen LogP contribution < -0.4 is 5.73 Å². The summed E-state index contributed by atoms with van der Waals surface area (Å²) in [5.74, 6) is 0.475. The molecule has 0 aromatic carbocycles. The first-order valence-corrected chi connectivity index (χ1v) is 4.64. The van der Waals surface area contributed by atoms with Crippen molar-refractivity contribution in [2.75, 3.05) is 0 Å². The van der Waals surface area contributed by atoms with Gasteiger partial charge in [-0.15, -0.1) is 0 Å². The lowest BCUT2D eigenvalue weighted by Gasteiger charge is -2.15. The molecule has 1 unspecified atom stereocenters. The molecule has 1 heteroatoms. The third-order valence-corrected chi connectivity index (χ3v) is 2.45. The van der Waals surface area contributed by atoms with Crippen molar-refractivity contribution < 1.29 is 0 Å². The van der Waals surface area contributed by atoms with Crippen molar-refractivity contribution in [1.29, 1.82) is 0 Å². The summed E-state index contributed by atoms with van der Waals surface area (Å²) in [4.78, 5) is 0. The van der Waals surface area contributed by atoms with Crippen LogP contribution in [-0.2, 0) is 0 Å². The highest BCUT2D eigenvalue weighted by molar-refractivity contribution is 5.42. The van der Waals surface area contributed by atoms with E-state index in [2.05, 4.69) is 38.2 Å². The third kappa shape index (κ3) is 2.11. The van der Waals surface area contributed by atoms with E-state index in [0.717, 1.165) is 5.70 Å². The normalized spacial score (nSPS) is 26.4. The van der Waals surface area contributed by atoms with Crippen molar-refractivity contribution in [3.8, 4) is 0 Å². The van der Waals surface area contributed by atoms with Crippen LogP contribution in [0.25, 0.3) is 0 Å². The van der Waals surface area contributed by atoms with E-state index in [4.69, 9.17) is 5.73 Å². The second-order valence-electron chi connectivity index (χ2n) is 3.36. The second-order valence-corrected chi connectivity index (χ2v) is 3.36. The SMILES string of the molecule is C/C=C(N)\C(C)=C1\C=CC=CC1C. The molecule has 0 aromatic rings. The molecule has 2 N–H and O–H groups in total. The van der Waals surface area contributed by atoms with Gasteiger partial charge in [-0.05, 0) is 30.9 Å². The van der Waals surface area contributed by atoms with Crippen molar-refractivity contribution in [3.05, 3.63) is 47.2 Å². The maximum absolute atomic E-state index is 5.85. The Morgan fingerprint density at radius 3 is 2.69 bits per heavy atom. The third-order valence-electron chi connectivity index (χ3n) is 2.45. The summed E-state index contributed by atoms with van der Waals surface area (Å²) < 4.78 is 0. The first kappa shape index (κ1) is 9.85. The van der Waals surface area contributed by atoms with Gasteiger partial charge in [-0.2, -0.15) is 0 Å². The van der Waals surface area contributed by atoms with Gasteiger partial charge < -0.3 is 5.73 Å². The molecule has 0 saturated heterocycles. The molecule has 0 aliphatic heterocycles.